The van der Waals surface area contributed by atoms with Gasteiger partial charge in [-0.1, -0.05) is 13.8 Å². The maximum absolute atomic E-state index is 4.79. The predicted molar refractivity (Wildman–Crippen MR) is 79.4 cm³/mol. The summed E-state index contributed by atoms with van der Waals surface area (Å²) in [5.74, 6) is 0. The first-order valence-electron chi connectivity index (χ1n) is 7.19. The van der Waals surface area contributed by atoms with Crippen LogP contribution in [0.5, 0.6) is 0 Å². The zero-order chi connectivity index (χ0) is 13.0. The van der Waals surface area contributed by atoms with Crippen LogP contribution in [0.2, 0.25) is 0 Å². The summed E-state index contributed by atoms with van der Waals surface area (Å²) in [5.41, 5.74) is 1.19. The van der Waals surface area contributed by atoms with Crippen LogP contribution >= 0.6 is 11.3 Å². The summed E-state index contributed by atoms with van der Waals surface area (Å²) < 4.78 is 0. The second-order valence-electron chi connectivity index (χ2n) is 5.19. The van der Waals surface area contributed by atoms with Gasteiger partial charge in [0.1, 0.15) is 0 Å². The average molecular weight is 267 g/mol. The van der Waals surface area contributed by atoms with Crippen LogP contribution in [0, 0.1) is 0 Å². The number of aromatic nitrogens is 1. The Labute approximate surface area is 115 Å². The molecule has 0 aromatic carbocycles. The first-order valence-corrected chi connectivity index (χ1v) is 8.07. The minimum Gasteiger partial charge on any atom is -0.342 e. The van der Waals surface area contributed by atoms with Crippen LogP contribution < -0.4 is 10.2 Å². The summed E-state index contributed by atoms with van der Waals surface area (Å²) in [6, 6.07) is 1.35. The Hall–Kier alpha value is -0.610. The molecule has 0 amide bonds. The van der Waals surface area contributed by atoms with E-state index in [1.54, 1.807) is 11.3 Å². The van der Waals surface area contributed by atoms with E-state index in [9.17, 15) is 0 Å². The van der Waals surface area contributed by atoms with E-state index in [-0.39, 0.29) is 0 Å². The van der Waals surface area contributed by atoms with Crippen molar-refractivity contribution in [3.8, 4) is 0 Å². The summed E-state index contributed by atoms with van der Waals surface area (Å²) in [5, 5.41) is 6.84. The Morgan fingerprint density at radius 1 is 1.44 bits per heavy atom. The predicted octanol–water partition coefficient (Wildman–Crippen LogP) is 3.41. The van der Waals surface area contributed by atoms with Gasteiger partial charge in [-0.2, -0.15) is 0 Å². The summed E-state index contributed by atoms with van der Waals surface area (Å²) in [7, 11) is 0. The molecule has 3 nitrogen and oxygen atoms in total. The molecule has 4 heteroatoms. The van der Waals surface area contributed by atoms with Crippen LogP contribution in [0.4, 0.5) is 5.13 Å². The Morgan fingerprint density at radius 2 is 2.28 bits per heavy atom. The second kappa shape index (κ2) is 6.53. The van der Waals surface area contributed by atoms with Crippen molar-refractivity contribution in [2.45, 2.75) is 65.1 Å². The van der Waals surface area contributed by atoms with Gasteiger partial charge in [-0.25, -0.2) is 4.98 Å². The lowest BCUT2D eigenvalue weighted by Crippen LogP contribution is -2.34. The molecule has 1 aliphatic heterocycles. The minimum absolute atomic E-state index is 0.651. The minimum atomic E-state index is 0.651. The Morgan fingerprint density at radius 3 is 3.00 bits per heavy atom. The van der Waals surface area contributed by atoms with Gasteiger partial charge in [0, 0.05) is 24.0 Å². The van der Waals surface area contributed by atoms with Gasteiger partial charge >= 0.3 is 0 Å². The van der Waals surface area contributed by atoms with Gasteiger partial charge in [-0.3, -0.25) is 0 Å². The highest BCUT2D eigenvalue weighted by atomic mass is 32.1. The van der Waals surface area contributed by atoms with Gasteiger partial charge in [-0.05, 0) is 39.2 Å². The highest BCUT2D eigenvalue weighted by molar-refractivity contribution is 7.13. The third kappa shape index (κ3) is 3.04. The fourth-order valence-corrected chi connectivity index (χ4v) is 3.70. The molecule has 0 spiro atoms. The van der Waals surface area contributed by atoms with Gasteiger partial charge < -0.3 is 10.2 Å². The van der Waals surface area contributed by atoms with Crippen LogP contribution in [0.1, 0.15) is 52.1 Å². The van der Waals surface area contributed by atoms with E-state index in [1.165, 1.54) is 36.5 Å². The lowest BCUT2D eigenvalue weighted by Gasteiger charge is -2.27. The lowest BCUT2D eigenvalue weighted by atomic mass is 10.2. The fraction of sp³-hybridized carbons (Fsp3) is 0.786. The number of hydrogen-bond donors (Lipinski definition) is 1. The standard InChI is InChI=1S/C14H25N3S/c1-4-8-15-9-12-10-18-14(16-12)17-11(3)6-7-13(17)5-2/h10-11,13,15H,4-9H2,1-3H3. The second-order valence-corrected chi connectivity index (χ2v) is 6.03. The molecule has 0 bridgehead atoms. The van der Waals surface area contributed by atoms with E-state index >= 15 is 0 Å². The first-order chi connectivity index (χ1) is 8.76. The van der Waals surface area contributed by atoms with Crippen LogP contribution in [0.15, 0.2) is 5.38 Å². The summed E-state index contributed by atoms with van der Waals surface area (Å²) >= 11 is 1.80. The molecular formula is C14H25N3S. The number of hydrogen-bond acceptors (Lipinski definition) is 4. The Balaban J connectivity index is 2.00. The van der Waals surface area contributed by atoms with E-state index in [1.807, 2.05) is 0 Å². The molecule has 1 fully saturated rings. The molecule has 2 atom stereocenters. The summed E-state index contributed by atoms with van der Waals surface area (Å²) in [4.78, 5) is 7.33. The molecule has 0 saturated carbocycles. The zero-order valence-electron chi connectivity index (χ0n) is 11.8. The van der Waals surface area contributed by atoms with Crippen molar-refractivity contribution >= 4 is 16.5 Å². The van der Waals surface area contributed by atoms with E-state index in [0.29, 0.717) is 12.1 Å². The van der Waals surface area contributed by atoms with Crippen molar-refractivity contribution in [2.75, 3.05) is 11.4 Å². The molecule has 2 unspecified atom stereocenters. The van der Waals surface area contributed by atoms with Crippen molar-refractivity contribution in [1.29, 1.82) is 0 Å². The molecule has 1 N–H and O–H groups in total. The number of anilines is 1. The number of nitrogens with zero attached hydrogens (tertiary/aromatic N) is 2. The van der Waals surface area contributed by atoms with Gasteiger partial charge in [0.15, 0.2) is 5.13 Å². The molecule has 1 aromatic rings. The van der Waals surface area contributed by atoms with Crippen LogP contribution in [-0.2, 0) is 6.54 Å². The third-order valence-corrected chi connectivity index (χ3v) is 4.65. The number of rotatable bonds is 6. The normalized spacial score (nSPS) is 23.8. The molecule has 1 aromatic heterocycles. The molecule has 0 radical (unpaired) electrons. The van der Waals surface area contributed by atoms with Crippen LogP contribution in [0.3, 0.4) is 0 Å². The third-order valence-electron chi connectivity index (χ3n) is 3.75. The van der Waals surface area contributed by atoms with Crippen molar-refractivity contribution < 1.29 is 0 Å². The van der Waals surface area contributed by atoms with E-state index in [4.69, 9.17) is 4.98 Å². The van der Waals surface area contributed by atoms with E-state index < -0.39 is 0 Å². The summed E-state index contributed by atoms with van der Waals surface area (Å²) in [6.45, 7) is 8.78. The highest BCUT2D eigenvalue weighted by Gasteiger charge is 2.31. The largest absolute Gasteiger partial charge is 0.342 e. The topological polar surface area (TPSA) is 28.2 Å². The van der Waals surface area contributed by atoms with Gasteiger partial charge in [-0.15, -0.1) is 11.3 Å². The smallest absolute Gasteiger partial charge is 0.186 e. The molecule has 1 aliphatic rings. The fourth-order valence-electron chi connectivity index (χ4n) is 2.71. The van der Waals surface area contributed by atoms with Gasteiger partial charge in [0.25, 0.3) is 0 Å². The van der Waals surface area contributed by atoms with Crippen molar-refractivity contribution in [1.82, 2.24) is 10.3 Å². The Bertz CT molecular complexity index is 364. The average Bonchev–Trinajstić information content (AvgIpc) is 2.96. The molecular weight excluding hydrogens is 242 g/mol. The highest BCUT2D eigenvalue weighted by Crippen LogP contribution is 2.33. The monoisotopic (exact) mass is 267 g/mol. The van der Waals surface area contributed by atoms with Crippen molar-refractivity contribution in [2.24, 2.45) is 0 Å². The molecule has 1 saturated heterocycles. The van der Waals surface area contributed by atoms with Crippen molar-refractivity contribution in [3.05, 3.63) is 11.1 Å². The van der Waals surface area contributed by atoms with Gasteiger partial charge in [0.05, 0.1) is 5.69 Å². The van der Waals surface area contributed by atoms with E-state index in [0.717, 1.165) is 13.1 Å². The summed E-state index contributed by atoms with van der Waals surface area (Å²) in [6.07, 6.45) is 5.04. The van der Waals surface area contributed by atoms with Crippen molar-refractivity contribution in [3.63, 3.8) is 0 Å². The zero-order valence-corrected chi connectivity index (χ0v) is 12.6. The molecule has 18 heavy (non-hydrogen) atoms. The van der Waals surface area contributed by atoms with Crippen LogP contribution in [0.25, 0.3) is 0 Å². The van der Waals surface area contributed by atoms with Crippen LogP contribution in [-0.4, -0.2) is 23.6 Å². The molecule has 0 aliphatic carbocycles. The lowest BCUT2D eigenvalue weighted by molar-refractivity contribution is 0.622. The quantitative estimate of drug-likeness (QED) is 0.801. The maximum Gasteiger partial charge on any atom is 0.186 e. The molecule has 102 valence electrons. The first kappa shape index (κ1) is 13.8. The Kier molecular flexibility index (Phi) is 5.01. The van der Waals surface area contributed by atoms with E-state index in [2.05, 4.69) is 36.4 Å². The number of nitrogens with one attached hydrogen (secondary N) is 1. The molecule has 2 heterocycles. The SMILES string of the molecule is CCCNCc1csc(N2C(C)CCC2CC)n1. The van der Waals surface area contributed by atoms with Gasteiger partial charge in [0.2, 0.25) is 0 Å². The maximum atomic E-state index is 4.79. The molecule has 2 rings (SSSR count). The number of thiazole rings is 1.